The van der Waals surface area contributed by atoms with E-state index in [4.69, 9.17) is 15.2 Å². The highest BCUT2D eigenvalue weighted by atomic mass is 16.5. The van der Waals surface area contributed by atoms with Crippen LogP contribution in [0.25, 0.3) is 10.9 Å². The van der Waals surface area contributed by atoms with Gasteiger partial charge in [-0.1, -0.05) is 12.8 Å². The smallest absolute Gasteiger partial charge is 0.225 e. The first-order valence-corrected chi connectivity index (χ1v) is 9.23. The Balaban J connectivity index is 1.64. The van der Waals surface area contributed by atoms with Gasteiger partial charge in [-0.05, 0) is 37.7 Å². The average Bonchev–Trinajstić information content (AvgIpc) is 2.65. The number of benzene rings is 1. The molecule has 1 aliphatic carbocycles. The predicted molar refractivity (Wildman–Crippen MR) is 103 cm³/mol. The summed E-state index contributed by atoms with van der Waals surface area (Å²) in [5.41, 5.74) is 6.80. The maximum absolute atomic E-state index is 10.0. The lowest BCUT2D eigenvalue weighted by molar-refractivity contribution is 0.0648. The number of nitrogens with one attached hydrogen (secondary N) is 1. The molecule has 1 heterocycles. The SMILES string of the molecule is COc1cc2nc(NCCCC3CCCCC3O)nc(N)c2cc1OC. The van der Waals surface area contributed by atoms with Gasteiger partial charge in [0.15, 0.2) is 11.5 Å². The lowest BCUT2D eigenvalue weighted by atomic mass is 9.83. The molecule has 0 spiro atoms. The molecule has 1 fully saturated rings. The Bertz CT molecular complexity index is 753. The van der Waals surface area contributed by atoms with Gasteiger partial charge in [0.25, 0.3) is 0 Å². The number of anilines is 2. The molecule has 0 amide bonds. The molecule has 1 aliphatic rings. The molecule has 2 unspecified atom stereocenters. The minimum Gasteiger partial charge on any atom is -0.493 e. The number of nitrogens with zero attached hydrogens (tertiary/aromatic N) is 2. The second-order valence-electron chi connectivity index (χ2n) is 6.84. The van der Waals surface area contributed by atoms with Crippen molar-refractivity contribution in [1.29, 1.82) is 0 Å². The first-order valence-electron chi connectivity index (χ1n) is 9.23. The zero-order valence-electron chi connectivity index (χ0n) is 15.5. The molecule has 7 nitrogen and oxygen atoms in total. The number of fused-ring (bicyclic) bond motifs is 1. The zero-order chi connectivity index (χ0) is 18.5. The predicted octanol–water partition coefficient (Wildman–Crippen LogP) is 2.97. The van der Waals surface area contributed by atoms with E-state index in [-0.39, 0.29) is 6.10 Å². The van der Waals surface area contributed by atoms with Crippen LogP contribution in [0.2, 0.25) is 0 Å². The van der Waals surface area contributed by atoms with E-state index in [1.54, 1.807) is 26.4 Å². The number of ether oxygens (including phenoxy) is 2. The Hall–Kier alpha value is -2.28. The van der Waals surface area contributed by atoms with E-state index in [9.17, 15) is 5.11 Å². The van der Waals surface area contributed by atoms with Crippen molar-refractivity contribution in [2.45, 2.75) is 44.6 Å². The molecule has 7 heteroatoms. The molecular formula is C19H28N4O3. The van der Waals surface area contributed by atoms with E-state index >= 15 is 0 Å². The van der Waals surface area contributed by atoms with Gasteiger partial charge in [0.1, 0.15) is 5.82 Å². The van der Waals surface area contributed by atoms with Gasteiger partial charge < -0.3 is 25.6 Å². The van der Waals surface area contributed by atoms with Crippen molar-refractivity contribution >= 4 is 22.7 Å². The highest BCUT2D eigenvalue weighted by Gasteiger charge is 2.22. The van der Waals surface area contributed by atoms with Gasteiger partial charge in [0.2, 0.25) is 5.95 Å². The molecule has 2 aromatic rings. The van der Waals surface area contributed by atoms with Crippen LogP contribution in [0, 0.1) is 5.92 Å². The first-order chi connectivity index (χ1) is 12.6. The summed E-state index contributed by atoms with van der Waals surface area (Å²) in [4.78, 5) is 8.87. The molecule has 0 saturated heterocycles. The van der Waals surface area contributed by atoms with E-state index < -0.39 is 0 Å². The summed E-state index contributed by atoms with van der Waals surface area (Å²) >= 11 is 0. The van der Waals surface area contributed by atoms with Gasteiger partial charge in [-0.2, -0.15) is 4.98 Å². The van der Waals surface area contributed by atoms with Crippen molar-refractivity contribution in [3.63, 3.8) is 0 Å². The van der Waals surface area contributed by atoms with E-state index in [2.05, 4.69) is 15.3 Å². The zero-order valence-corrected chi connectivity index (χ0v) is 15.5. The molecule has 1 aromatic carbocycles. The van der Waals surface area contributed by atoms with E-state index in [1.165, 1.54) is 6.42 Å². The molecular weight excluding hydrogens is 332 g/mol. The molecule has 3 rings (SSSR count). The number of nitrogen functional groups attached to an aromatic ring is 1. The summed E-state index contributed by atoms with van der Waals surface area (Å²) in [5.74, 6) is 2.54. The van der Waals surface area contributed by atoms with Gasteiger partial charge in [-0.25, -0.2) is 4.98 Å². The quantitative estimate of drug-likeness (QED) is 0.652. The van der Waals surface area contributed by atoms with Gasteiger partial charge in [-0.15, -0.1) is 0 Å². The molecule has 0 bridgehead atoms. The fourth-order valence-electron chi connectivity index (χ4n) is 3.65. The van der Waals surface area contributed by atoms with E-state index in [0.717, 1.165) is 44.0 Å². The fraction of sp³-hybridized carbons (Fsp3) is 0.579. The molecule has 142 valence electrons. The lowest BCUT2D eigenvalue weighted by Gasteiger charge is -2.27. The monoisotopic (exact) mass is 360 g/mol. The Morgan fingerprint density at radius 2 is 1.88 bits per heavy atom. The normalized spacial score (nSPS) is 20.1. The Labute approximate surface area is 153 Å². The van der Waals surface area contributed by atoms with Crippen molar-refractivity contribution in [2.75, 3.05) is 31.8 Å². The average molecular weight is 360 g/mol. The van der Waals surface area contributed by atoms with Crippen molar-refractivity contribution in [1.82, 2.24) is 9.97 Å². The number of aliphatic hydroxyl groups excluding tert-OH is 1. The fourth-order valence-corrected chi connectivity index (χ4v) is 3.65. The third-order valence-electron chi connectivity index (χ3n) is 5.13. The standard InChI is InChI=1S/C19H28N4O3/c1-25-16-10-13-14(11-17(16)26-2)22-19(23-18(13)20)21-9-5-7-12-6-3-4-8-15(12)24/h10-12,15,24H,3-9H2,1-2H3,(H3,20,21,22,23). The van der Waals surface area contributed by atoms with Crippen molar-refractivity contribution < 1.29 is 14.6 Å². The van der Waals surface area contributed by atoms with Crippen LogP contribution in [0.15, 0.2) is 12.1 Å². The van der Waals surface area contributed by atoms with Gasteiger partial charge in [0, 0.05) is 18.0 Å². The maximum Gasteiger partial charge on any atom is 0.225 e. The Kier molecular flexibility index (Phi) is 5.98. The van der Waals surface area contributed by atoms with Crippen LogP contribution in [0.3, 0.4) is 0 Å². The summed E-state index contributed by atoms with van der Waals surface area (Å²) in [6.07, 6.45) is 6.28. The van der Waals surface area contributed by atoms with E-state index in [1.807, 2.05) is 0 Å². The third-order valence-corrected chi connectivity index (χ3v) is 5.13. The lowest BCUT2D eigenvalue weighted by Crippen LogP contribution is -2.24. The summed E-state index contributed by atoms with van der Waals surface area (Å²) < 4.78 is 10.6. The van der Waals surface area contributed by atoms with Crippen LogP contribution < -0.4 is 20.5 Å². The number of methoxy groups -OCH3 is 2. The van der Waals surface area contributed by atoms with Gasteiger partial charge in [-0.3, -0.25) is 0 Å². The highest BCUT2D eigenvalue weighted by Crippen LogP contribution is 2.33. The van der Waals surface area contributed by atoms with Crippen molar-refractivity contribution in [2.24, 2.45) is 5.92 Å². The van der Waals surface area contributed by atoms with Crippen molar-refractivity contribution in [3.8, 4) is 11.5 Å². The molecule has 1 saturated carbocycles. The second kappa shape index (κ2) is 8.40. The van der Waals surface area contributed by atoms with Crippen LogP contribution in [-0.4, -0.2) is 41.9 Å². The highest BCUT2D eigenvalue weighted by molar-refractivity contribution is 5.91. The van der Waals surface area contributed by atoms with Crippen molar-refractivity contribution in [3.05, 3.63) is 12.1 Å². The van der Waals surface area contributed by atoms with E-state index in [0.29, 0.717) is 34.7 Å². The number of aromatic nitrogens is 2. The number of hydrogen-bond acceptors (Lipinski definition) is 7. The summed E-state index contributed by atoms with van der Waals surface area (Å²) in [6.45, 7) is 0.751. The number of hydrogen-bond donors (Lipinski definition) is 3. The van der Waals surface area contributed by atoms with Crippen LogP contribution >= 0.6 is 0 Å². The number of rotatable bonds is 7. The second-order valence-corrected chi connectivity index (χ2v) is 6.84. The van der Waals surface area contributed by atoms with Crippen LogP contribution in [0.1, 0.15) is 38.5 Å². The first kappa shape index (κ1) is 18.5. The summed E-state index contributed by atoms with van der Waals surface area (Å²) in [6, 6.07) is 3.59. The minimum absolute atomic E-state index is 0.140. The van der Waals surface area contributed by atoms with Gasteiger partial charge >= 0.3 is 0 Å². The molecule has 26 heavy (non-hydrogen) atoms. The summed E-state index contributed by atoms with van der Waals surface area (Å²) in [7, 11) is 3.17. The van der Waals surface area contributed by atoms with Crippen LogP contribution in [0.5, 0.6) is 11.5 Å². The molecule has 2 atom stereocenters. The summed E-state index contributed by atoms with van der Waals surface area (Å²) in [5, 5.41) is 14.0. The molecule has 1 aromatic heterocycles. The molecule has 0 radical (unpaired) electrons. The Morgan fingerprint density at radius 3 is 2.62 bits per heavy atom. The van der Waals surface area contributed by atoms with Gasteiger partial charge in [0.05, 0.1) is 25.8 Å². The minimum atomic E-state index is -0.140. The Morgan fingerprint density at radius 1 is 1.15 bits per heavy atom. The maximum atomic E-state index is 10.0. The van der Waals surface area contributed by atoms with Crippen LogP contribution in [-0.2, 0) is 0 Å². The van der Waals surface area contributed by atoms with Crippen LogP contribution in [0.4, 0.5) is 11.8 Å². The largest absolute Gasteiger partial charge is 0.493 e. The topological polar surface area (TPSA) is 103 Å². The number of nitrogens with two attached hydrogens (primary N) is 1. The number of aliphatic hydroxyl groups is 1. The molecule has 0 aliphatic heterocycles. The molecule has 4 N–H and O–H groups in total. The third kappa shape index (κ3) is 4.09.